The first kappa shape index (κ1) is 14.9. The fraction of sp³-hybridized carbons (Fsp3) is 0.643. The molecule has 0 spiro atoms. The van der Waals surface area contributed by atoms with Crippen molar-refractivity contribution in [2.45, 2.75) is 40.5 Å². The summed E-state index contributed by atoms with van der Waals surface area (Å²) >= 11 is 0. The highest BCUT2D eigenvalue weighted by atomic mass is 16.5. The largest absolute Gasteiger partial charge is 0.466 e. The van der Waals surface area contributed by atoms with Crippen LogP contribution in [-0.2, 0) is 9.53 Å². The lowest BCUT2D eigenvalue weighted by Gasteiger charge is -2.12. The highest BCUT2D eigenvalue weighted by Crippen LogP contribution is 2.17. The Kier molecular flexibility index (Phi) is 7.61. The standard InChI is InChI=1S/C14H24O2/c1-6-11(2)9-13(4)10-12(3)7-8-14(15)16-5/h7-8,10-11,13H,6,9H2,1-5H3/b8-7+,12-10+/t11-,13-/m1/s1. The molecule has 0 saturated carbocycles. The van der Waals surface area contributed by atoms with Gasteiger partial charge in [-0.2, -0.15) is 0 Å². The van der Waals surface area contributed by atoms with E-state index >= 15 is 0 Å². The smallest absolute Gasteiger partial charge is 0.330 e. The van der Waals surface area contributed by atoms with Gasteiger partial charge in [-0.1, -0.05) is 44.9 Å². The molecule has 0 bridgehead atoms. The van der Waals surface area contributed by atoms with Gasteiger partial charge in [0.05, 0.1) is 7.11 Å². The molecule has 92 valence electrons. The number of rotatable bonds is 6. The number of hydrogen-bond acceptors (Lipinski definition) is 2. The summed E-state index contributed by atoms with van der Waals surface area (Å²) in [6.07, 6.45) is 7.88. The molecule has 0 aromatic carbocycles. The Morgan fingerprint density at radius 2 is 1.94 bits per heavy atom. The van der Waals surface area contributed by atoms with Gasteiger partial charge in [0, 0.05) is 6.08 Å². The van der Waals surface area contributed by atoms with Gasteiger partial charge in [-0.3, -0.25) is 0 Å². The molecule has 0 saturated heterocycles. The second kappa shape index (κ2) is 8.14. The highest BCUT2D eigenvalue weighted by Gasteiger charge is 2.04. The van der Waals surface area contributed by atoms with Crippen molar-refractivity contribution >= 4 is 5.97 Å². The van der Waals surface area contributed by atoms with E-state index in [-0.39, 0.29) is 5.97 Å². The molecule has 0 amide bonds. The minimum Gasteiger partial charge on any atom is -0.466 e. The molecule has 0 N–H and O–H groups in total. The summed E-state index contributed by atoms with van der Waals surface area (Å²) in [6.45, 7) is 8.70. The zero-order valence-corrected chi connectivity index (χ0v) is 11.1. The van der Waals surface area contributed by atoms with Gasteiger partial charge >= 0.3 is 5.97 Å². The van der Waals surface area contributed by atoms with Crippen molar-refractivity contribution in [2.75, 3.05) is 7.11 Å². The maximum absolute atomic E-state index is 10.9. The Balaban J connectivity index is 4.20. The number of carbonyl (C=O) groups is 1. The third-order valence-electron chi connectivity index (χ3n) is 2.70. The van der Waals surface area contributed by atoms with Crippen molar-refractivity contribution in [3.8, 4) is 0 Å². The van der Waals surface area contributed by atoms with Crippen LogP contribution in [0, 0.1) is 11.8 Å². The molecule has 16 heavy (non-hydrogen) atoms. The van der Waals surface area contributed by atoms with E-state index in [1.54, 1.807) is 6.08 Å². The minimum atomic E-state index is -0.303. The van der Waals surface area contributed by atoms with Crippen LogP contribution in [0.1, 0.15) is 40.5 Å². The number of hydrogen-bond donors (Lipinski definition) is 0. The van der Waals surface area contributed by atoms with E-state index in [0.29, 0.717) is 5.92 Å². The fourth-order valence-corrected chi connectivity index (χ4v) is 1.64. The molecular formula is C14H24O2. The molecule has 0 aromatic rings. The van der Waals surface area contributed by atoms with E-state index in [0.717, 1.165) is 11.5 Å². The molecule has 0 aliphatic carbocycles. The van der Waals surface area contributed by atoms with E-state index in [9.17, 15) is 4.79 Å². The van der Waals surface area contributed by atoms with Crippen LogP contribution in [0.15, 0.2) is 23.8 Å². The summed E-state index contributed by atoms with van der Waals surface area (Å²) in [5.41, 5.74) is 1.11. The quantitative estimate of drug-likeness (QED) is 0.390. The van der Waals surface area contributed by atoms with E-state index in [1.807, 2.05) is 6.92 Å². The molecule has 0 heterocycles. The summed E-state index contributed by atoms with van der Waals surface area (Å²) in [7, 11) is 1.39. The Labute approximate surface area is 99.4 Å². The zero-order valence-electron chi connectivity index (χ0n) is 11.1. The molecular weight excluding hydrogens is 200 g/mol. The van der Waals surface area contributed by atoms with Gasteiger partial charge in [0.15, 0.2) is 0 Å². The molecule has 0 aliphatic rings. The van der Waals surface area contributed by atoms with Crippen molar-refractivity contribution < 1.29 is 9.53 Å². The van der Waals surface area contributed by atoms with E-state index in [2.05, 4.69) is 31.6 Å². The lowest BCUT2D eigenvalue weighted by Crippen LogP contribution is -2.00. The number of ether oxygens (including phenoxy) is 1. The summed E-state index contributed by atoms with van der Waals surface area (Å²) < 4.78 is 4.53. The van der Waals surface area contributed by atoms with Gasteiger partial charge in [0.1, 0.15) is 0 Å². The van der Waals surface area contributed by atoms with Crippen molar-refractivity contribution in [3.63, 3.8) is 0 Å². The van der Waals surface area contributed by atoms with Crippen molar-refractivity contribution in [2.24, 2.45) is 11.8 Å². The Hall–Kier alpha value is -1.05. The number of methoxy groups -OCH3 is 1. The van der Waals surface area contributed by atoms with E-state index < -0.39 is 0 Å². The van der Waals surface area contributed by atoms with Gasteiger partial charge in [-0.25, -0.2) is 4.79 Å². The average Bonchev–Trinajstić information content (AvgIpc) is 2.25. The molecule has 0 aliphatic heterocycles. The second-order valence-corrected chi connectivity index (χ2v) is 4.49. The summed E-state index contributed by atoms with van der Waals surface area (Å²) in [6, 6.07) is 0. The van der Waals surface area contributed by atoms with Crippen molar-refractivity contribution in [1.82, 2.24) is 0 Å². The molecule has 2 nitrogen and oxygen atoms in total. The summed E-state index contributed by atoms with van der Waals surface area (Å²) in [5.74, 6) is 1.00. The predicted molar refractivity (Wildman–Crippen MR) is 68.1 cm³/mol. The van der Waals surface area contributed by atoms with Crippen LogP contribution in [0.2, 0.25) is 0 Å². The van der Waals surface area contributed by atoms with Crippen LogP contribution in [0.3, 0.4) is 0 Å². The monoisotopic (exact) mass is 224 g/mol. The summed E-state index contributed by atoms with van der Waals surface area (Å²) in [5, 5.41) is 0. The minimum absolute atomic E-state index is 0.303. The summed E-state index contributed by atoms with van der Waals surface area (Å²) in [4.78, 5) is 10.9. The molecule has 2 atom stereocenters. The second-order valence-electron chi connectivity index (χ2n) is 4.49. The molecule has 0 radical (unpaired) electrons. The number of carbonyl (C=O) groups excluding carboxylic acids is 1. The Bertz CT molecular complexity index is 264. The first-order valence-electron chi connectivity index (χ1n) is 5.94. The van der Waals surface area contributed by atoms with Gasteiger partial charge in [0.2, 0.25) is 0 Å². The first-order chi connectivity index (χ1) is 7.49. The topological polar surface area (TPSA) is 26.3 Å². The number of esters is 1. The van der Waals surface area contributed by atoms with Crippen LogP contribution >= 0.6 is 0 Å². The van der Waals surface area contributed by atoms with Crippen LogP contribution in [0.4, 0.5) is 0 Å². The lowest BCUT2D eigenvalue weighted by molar-refractivity contribution is -0.134. The Morgan fingerprint density at radius 1 is 1.31 bits per heavy atom. The third-order valence-corrected chi connectivity index (χ3v) is 2.70. The van der Waals surface area contributed by atoms with Gasteiger partial charge in [-0.05, 0) is 25.2 Å². The Morgan fingerprint density at radius 3 is 2.44 bits per heavy atom. The number of allylic oxidation sites excluding steroid dienone is 3. The third kappa shape index (κ3) is 7.27. The van der Waals surface area contributed by atoms with Crippen LogP contribution in [0.25, 0.3) is 0 Å². The van der Waals surface area contributed by atoms with E-state index in [1.165, 1.54) is 26.0 Å². The SMILES string of the molecule is CC[C@@H](C)C[C@@H](C)/C=C(C)/C=C/C(=O)OC. The van der Waals surface area contributed by atoms with E-state index in [4.69, 9.17) is 0 Å². The molecule has 0 unspecified atom stereocenters. The van der Waals surface area contributed by atoms with Crippen LogP contribution < -0.4 is 0 Å². The average molecular weight is 224 g/mol. The predicted octanol–water partition coefficient (Wildman–Crippen LogP) is 3.73. The van der Waals surface area contributed by atoms with Gasteiger partial charge in [0.25, 0.3) is 0 Å². The van der Waals surface area contributed by atoms with Gasteiger partial charge < -0.3 is 4.74 Å². The first-order valence-corrected chi connectivity index (χ1v) is 5.94. The lowest BCUT2D eigenvalue weighted by atomic mass is 9.94. The normalized spacial score (nSPS) is 16.2. The van der Waals surface area contributed by atoms with Crippen LogP contribution in [0.5, 0.6) is 0 Å². The van der Waals surface area contributed by atoms with Crippen molar-refractivity contribution in [3.05, 3.63) is 23.8 Å². The van der Waals surface area contributed by atoms with Crippen molar-refractivity contribution in [1.29, 1.82) is 0 Å². The molecule has 0 rings (SSSR count). The van der Waals surface area contributed by atoms with Gasteiger partial charge in [-0.15, -0.1) is 0 Å². The zero-order chi connectivity index (χ0) is 12.6. The van der Waals surface area contributed by atoms with Crippen LogP contribution in [-0.4, -0.2) is 13.1 Å². The molecule has 0 aromatic heterocycles. The fourth-order valence-electron chi connectivity index (χ4n) is 1.64. The molecule has 2 heteroatoms. The maximum atomic E-state index is 10.9. The molecule has 0 fully saturated rings. The highest BCUT2D eigenvalue weighted by molar-refractivity contribution is 5.82. The maximum Gasteiger partial charge on any atom is 0.330 e.